The number of benzene rings is 1. The Morgan fingerprint density at radius 2 is 2.23 bits per heavy atom. The number of hydrogen-bond donors (Lipinski definition) is 0. The van der Waals surface area contributed by atoms with Gasteiger partial charge in [0.15, 0.2) is 0 Å². The molecule has 0 unspecified atom stereocenters. The molecule has 0 N–H and O–H groups in total. The van der Waals surface area contributed by atoms with Crippen LogP contribution < -0.4 is 0 Å². The maximum absolute atomic E-state index is 5.09. The number of hydrogen-bond acceptors (Lipinski definition) is 2. The van der Waals surface area contributed by atoms with Gasteiger partial charge in [0.2, 0.25) is 0 Å². The van der Waals surface area contributed by atoms with E-state index >= 15 is 0 Å². The van der Waals surface area contributed by atoms with Crippen LogP contribution in [0.1, 0.15) is 11.3 Å². The largest absolute Gasteiger partial charge is 0.361 e. The third-order valence-electron chi connectivity index (χ3n) is 2.14. The van der Waals surface area contributed by atoms with Crippen LogP contribution in [0, 0.1) is 19.9 Å². The summed E-state index contributed by atoms with van der Waals surface area (Å²) in [6, 6.07) is 10.7. The van der Waals surface area contributed by atoms with E-state index in [2.05, 4.69) is 11.2 Å². The third kappa shape index (κ3) is 1.35. The van der Waals surface area contributed by atoms with Crippen LogP contribution in [0.2, 0.25) is 0 Å². The molecule has 1 radical (unpaired) electrons. The van der Waals surface area contributed by atoms with Gasteiger partial charge in [-0.1, -0.05) is 23.4 Å². The summed E-state index contributed by atoms with van der Waals surface area (Å²) >= 11 is 0. The van der Waals surface area contributed by atoms with E-state index in [1.807, 2.05) is 38.1 Å². The predicted molar refractivity (Wildman–Crippen MR) is 50.2 cm³/mol. The highest BCUT2D eigenvalue weighted by atomic mass is 16.5. The second-order valence-corrected chi connectivity index (χ2v) is 3.00. The van der Waals surface area contributed by atoms with Gasteiger partial charge >= 0.3 is 0 Å². The van der Waals surface area contributed by atoms with E-state index in [1.165, 1.54) is 0 Å². The van der Waals surface area contributed by atoms with Crippen LogP contribution in [-0.2, 0) is 0 Å². The number of nitrogens with zero attached hydrogens (tertiary/aromatic N) is 1. The minimum absolute atomic E-state index is 0.874. The normalized spacial score (nSPS) is 10.3. The van der Waals surface area contributed by atoms with E-state index in [0.717, 1.165) is 22.6 Å². The van der Waals surface area contributed by atoms with Crippen molar-refractivity contribution >= 4 is 0 Å². The summed E-state index contributed by atoms with van der Waals surface area (Å²) in [5.41, 5.74) is 3.06. The molecule has 0 aliphatic carbocycles. The fourth-order valence-electron chi connectivity index (χ4n) is 1.23. The smallest absolute Gasteiger partial charge is 0.137 e. The van der Waals surface area contributed by atoms with E-state index < -0.39 is 0 Å². The molecule has 1 heterocycles. The Balaban J connectivity index is 2.53. The maximum Gasteiger partial charge on any atom is 0.137 e. The van der Waals surface area contributed by atoms with Crippen LogP contribution in [0.25, 0.3) is 11.3 Å². The van der Waals surface area contributed by atoms with Crippen molar-refractivity contribution in [3.8, 4) is 11.3 Å². The van der Waals surface area contributed by atoms with Gasteiger partial charge in [0.25, 0.3) is 0 Å². The van der Waals surface area contributed by atoms with Gasteiger partial charge in [-0.3, -0.25) is 0 Å². The molecule has 0 aliphatic heterocycles. The van der Waals surface area contributed by atoms with Crippen LogP contribution in [0.3, 0.4) is 0 Å². The van der Waals surface area contributed by atoms with Crippen molar-refractivity contribution in [3.63, 3.8) is 0 Å². The van der Waals surface area contributed by atoms with Crippen LogP contribution in [0.15, 0.2) is 28.8 Å². The van der Waals surface area contributed by atoms with Crippen molar-refractivity contribution in [2.24, 2.45) is 0 Å². The van der Waals surface area contributed by atoms with Gasteiger partial charge in [-0.05, 0) is 26.0 Å². The molecule has 2 heteroatoms. The second-order valence-electron chi connectivity index (χ2n) is 3.00. The molecular weight excluding hydrogens is 162 g/mol. The topological polar surface area (TPSA) is 26.0 Å². The van der Waals surface area contributed by atoms with Gasteiger partial charge in [0.1, 0.15) is 11.5 Å². The number of aryl methyl sites for hydroxylation is 1. The minimum atomic E-state index is 0.874. The molecule has 0 amide bonds. The third-order valence-corrected chi connectivity index (χ3v) is 2.14. The van der Waals surface area contributed by atoms with E-state index in [-0.39, 0.29) is 0 Å². The molecule has 2 aromatic rings. The molecular formula is C11H10NO. The van der Waals surface area contributed by atoms with Crippen LogP contribution >= 0.6 is 0 Å². The van der Waals surface area contributed by atoms with Crippen molar-refractivity contribution in [3.05, 3.63) is 41.7 Å². The Morgan fingerprint density at radius 3 is 2.77 bits per heavy atom. The first-order valence-corrected chi connectivity index (χ1v) is 4.18. The van der Waals surface area contributed by atoms with Crippen molar-refractivity contribution in [1.82, 2.24) is 5.16 Å². The number of rotatable bonds is 1. The standard InChI is InChI=1S/C11H10NO/c1-8-9(2)13-12-11(8)10-6-4-3-5-7-10/h3-4,6-7H,1-2H3. The summed E-state index contributed by atoms with van der Waals surface area (Å²) < 4.78 is 5.09. The molecule has 2 nitrogen and oxygen atoms in total. The summed E-state index contributed by atoms with van der Waals surface area (Å²) in [4.78, 5) is 0. The van der Waals surface area contributed by atoms with Gasteiger partial charge in [-0.25, -0.2) is 0 Å². The zero-order valence-corrected chi connectivity index (χ0v) is 7.66. The highest BCUT2D eigenvalue weighted by Crippen LogP contribution is 2.23. The average molecular weight is 172 g/mol. The lowest BCUT2D eigenvalue weighted by Crippen LogP contribution is -1.79. The van der Waals surface area contributed by atoms with Crippen molar-refractivity contribution in [1.29, 1.82) is 0 Å². The molecule has 0 fully saturated rings. The van der Waals surface area contributed by atoms with Gasteiger partial charge in [-0.15, -0.1) is 0 Å². The molecule has 65 valence electrons. The summed E-state index contributed by atoms with van der Waals surface area (Å²) in [6.07, 6.45) is 0. The SMILES string of the molecule is Cc1onc(-c2c[c]ccc2)c1C. The second kappa shape index (κ2) is 3.05. The first kappa shape index (κ1) is 8.05. The van der Waals surface area contributed by atoms with E-state index in [9.17, 15) is 0 Å². The zero-order chi connectivity index (χ0) is 9.26. The van der Waals surface area contributed by atoms with Gasteiger partial charge in [0, 0.05) is 11.1 Å². The molecule has 0 saturated carbocycles. The van der Waals surface area contributed by atoms with Crippen LogP contribution in [-0.4, -0.2) is 5.16 Å². The summed E-state index contributed by atoms with van der Waals surface area (Å²) in [7, 11) is 0. The Kier molecular flexibility index (Phi) is 1.89. The molecule has 1 aromatic carbocycles. The minimum Gasteiger partial charge on any atom is -0.361 e. The van der Waals surface area contributed by atoms with Crippen molar-refractivity contribution < 1.29 is 4.52 Å². The fraction of sp³-hybridized carbons (Fsp3) is 0.182. The highest BCUT2D eigenvalue weighted by Gasteiger charge is 2.08. The average Bonchev–Trinajstić information content (AvgIpc) is 2.49. The molecule has 0 aliphatic rings. The monoisotopic (exact) mass is 172 g/mol. The van der Waals surface area contributed by atoms with Gasteiger partial charge in [0.05, 0.1) is 0 Å². The van der Waals surface area contributed by atoms with E-state index in [1.54, 1.807) is 0 Å². The Hall–Kier alpha value is -1.57. The molecule has 0 bridgehead atoms. The molecule has 0 saturated heterocycles. The van der Waals surface area contributed by atoms with Crippen LogP contribution in [0.4, 0.5) is 0 Å². The first-order chi connectivity index (χ1) is 6.29. The molecule has 1 aromatic heterocycles. The van der Waals surface area contributed by atoms with Crippen LogP contribution in [0.5, 0.6) is 0 Å². The zero-order valence-electron chi connectivity index (χ0n) is 7.66. The quantitative estimate of drug-likeness (QED) is 0.661. The highest BCUT2D eigenvalue weighted by molar-refractivity contribution is 5.62. The summed E-state index contributed by atoms with van der Waals surface area (Å²) in [6.45, 7) is 3.92. The van der Waals surface area contributed by atoms with E-state index in [4.69, 9.17) is 4.52 Å². The van der Waals surface area contributed by atoms with Crippen molar-refractivity contribution in [2.75, 3.05) is 0 Å². The molecule has 0 atom stereocenters. The number of aromatic nitrogens is 1. The maximum atomic E-state index is 5.09. The Labute approximate surface area is 77.2 Å². The lowest BCUT2D eigenvalue weighted by molar-refractivity contribution is 0.398. The molecule has 0 spiro atoms. The summed E-state index contributed by atoms with van der Waals surface area (Å²) in [5.74, 6) is 0.874. The Bertz CT molecular complexity index is 403. The Morgan fingerprint density at radius 1 is 1.38 bits per heavy atom. The van der Waals surface area contributed by atoms with E-state index in [0.29, 0.717) is 0 Å². The molecule has 13 heavy (non-hydrogen) atoms. The summed E-state index contributed by atoms with van der Waals surface area (Å²) in [5, 5.41) is 3.99. The first-order valence-electron chi connectivity index (χ1n) is 4.18. The lowest BCUT2D eigenvalue weighted by atomic mass is 10.1. The predicted octanol–water partition coefficient (Wildman–Crippen LogP) is 2.76. The van der Waals surface area contributed by atoms with Crippen molar-refractivity contribution in [2.45, 2.75) is 13.8 Å². The van der Waals surface area contributed by atoms with Gasteiger partial charge in [-0.2, -0.15) is 0 Å². The fourth-order valence-corrected chi connectivity index (χ4v) is 1.23. The lowest BCUT2D eigenvalue weighted by Gasteiger charge is -1.94. The molecule has 2 rings (SSSR count). The van der Waals surface area contributed by atoms with Gasteiger partial charge < -0.3 is 4.52 Å².